The van der Waals surface area contributed by atoms with Gasteiger partial charge in [-0.25, -0.2) is 0 Å². The number of carbonyl (C=O) groups excluding carboxylic acids is 1. The van der Waals surface area contributed by atoms with Gasteiger partial charge in [0.15, 0.2) is 0 Å². The standard InChI is InChI=1S/C20H29ClN2O3/c1-25-12-9-22-20(24)16-5-6-19(18(21)13-16)26-17-7-10-23(11-8-17)14-15-3-2-4-15/h5-6,13,15,17H,2-4,7-12,14H2,1H3,(H,22,24). The number of hydrogen-bond donors (Lipinski definition) is 1. The van der Waals surface area contributed by atoms with Gasteiger partial charge in [-0.05, 0) is 49.8 Å². The van der Waals surface area contributed by atoms with Gasteiger partial charge < -0.3 is 19.7 Å². The van der Waals surface area contributed by atoms with Crippen LogP contribution in [0.4, 0.5) is 0 Å². The number of rotatable bonds is 8. The van der Waals surface area contributed by atoms with Crippen LogP contribution < -0.4 is 10.1 Å². The molecule has 0 spiro atoms. The minimum absolute atomic E-state index is 0.153. The van der Waals surface area contributed by atoms with E-state index in [9.17, 15) is 4.79 Å². The van der Waals surface area contributed by atoms with Gasteiger partial charge in [0.1, 0.15) is 11.9 Å². The lowest BCUT2D eigenvalue weighted by Gasteiger charge is -2.37. The van der Waals surface area contributed by atoms with Gasteiger partial charge in [-0.3, -0.25) is 4.79 Å². The van der Waals surface area contributed by atoms with Crippen molar-refractivity contribution in [2.45, 2.75) is 38.2 Å². The summed E-state index contributed by atoms with van der Waals surface area (Å²) in [6, 6.07) is 5.23. The average molecular weight is 381 g/mol. The summed E-state index contributed by atoms with van der Waals surface area (Å²) in [5.41, 5.74) is 0.536. The van der Waals surface area contributed by atoms with Crippen LogP contribution in [0.3, 0.4) is 0 Å². The molecule has 144 valence electrons. The van der Waals surface area contributed by atoms with Crippen LogP contribution in [0, 0.1) is 5.92 Å². The van der Waals surface area contributed by atoms with Gasteiger partial charge in [0.25, 0.3) is 5.91 Å². The Morgan fingerprint density at radius 2 is 2.04 bits per heavy atom. The van der Waals surface area contributed by atoms with Crippen molar-refractivity contribution in [2.24, 2.45) is 5.92 Å². The lowest BCUT2D eigenvalue weighted by atomic mass is 9.85. The molecule has 5 nitrogen and oxygen atoms in total. The SMILES string of the molecule is COCCNC(=O)c1ccc(OC2CCN(CC3CCC3)CC2)c(Cl)c1. The van der Waals surface area contributed by atoms with E-state index in [1.165, 1.54) is 25.8 Å². The molecule has 0 unspecified atom stereocenters. The van der Waals surface area contributed by atoms with Crippen LogP contribution in [0.2, 0.25) is 5.02 Å². The largest absolute Gasteiger partial charge is 0.489 e. The normalized spacial score (nSPS) is 19.2. The van der Waals surface area contributed by atoms with Crippen molar-refractivity contribution < 1.29 is 14.3 Å². The molecule has 1 saturated heterocycles. The summed E-state index contributed by atoms with van der Waals surface area (Å²) in [6.07, 6.45) is 6.47. The molecule has 3 rings (SSSR count). The first-order valence-corrected chi connectivity index (χ1v) is 9.99. The number of amides is 1. The van der Waals surface area contributed by atoms with E-state index in [0.29, 0.717) is 29.5 Å². The zero-order chi connectivity index (χ0) is 18.4. The number of likely N-dealkylation sites (tertiary alicyclic amines) is 1. The second-order valence-corrected chi connectivity index (χ2v) is 7.72. The fraction of sp³-hybridized carbons (Fsp3) is 0.650. The van der Waals surface area contributed by atoms with Crippen LogP contribution in [0.25, 0.3) is 0 Å². The van der Waals surface area contributed by atoms with Gasteiger partial charge in [0.05, 0.1) is 11.6 Å². The van der Waals surface area contributed by atoms with Crippen molar-refractivity contribution >= 4 is 17.5 Å². The van der Waals surface area contributed by atoms with E-state index < -0.39 is 0 Å². The van der Waals surface area contributed by atoms with Crippen molar-refractivity contribution in [1.29, 1.82) is 0 Å². The lowest BCUT2D eigenvalue weighted by molar-refractivity contribution is 0.0804. The zero-order valence-corrected chi connectivity index (χ0v) is 16.3. The first kappa shape index (κ1) is 19.5. The third-order valence-corrected chi connectivity index (χ3v) is 5.65. The third-order valence-electron chi connectivity index (χ3n) is 5.36. The first-order valence-electron chi connectivity index (χ1n) is 9.61. The van der Waals surface area contributed by atoms with Crippen LogP contribution >= 0.6 is 11.6 Å². The molecule has 2 aliphatic rings. The minimum Gasteiger partial charge on any atom is -0.489 e. The molecule has 1 saturated carbocycles. The van der Waals surface area contributed by atoms with Gasteiger partial charge in [0.2, 0.25) is 0 Å². The van der Waals surface area contributed by atoms with Crippen LogP contribution in [0.5, 0.6) is 5.75 Å². The molecule has 0 atom stereocenters. The van der Waals surface area contributed by atoms with Gasteiger partial charge >= 0.3 is 0 Å². The predicted octanol–water partition coefficient (Wildman–Crippen LogP) is 3.36. The van der Waals surface area contributed by atoms with Crippen LogP contribution in [-0.2, 0) is 4.74 Å². The van der Waals surface area contributed by atoms with E-state index in [0.717, 1.165) is 31.8 Å². The topological polar surface area (TPSA) is 50.8 Å². The van der Waals surface area contributed by atoms with Crippen molar-refractivity contribution in [2.75, 3.05) is 39.9 Å². The third kappa shape index (κ3) is 5.35. The second kappa shape index (κ2) is 9.58. The molecule has 0 aromatic heterocycles. The summed E-state index contributed by atoms with van der Waals surface area (Å²) in [4.78, 5) is 14.6. The molecule has 1 amide bonds. The number of hydrogen-bond acceptors (Lipinski definition) is 4. The van der Waals surface area contributed by atoms with Crippen LogP contribution in [0.15, 0.2) is 18.2 Å². The van der Waals surface area contributed by atoms with Crippen LogP contribution in [0.1, 0.15) is 42.5 Å². The number of ether oxygens (including phenoxy) is 2. The number of halogens is 1. The number of methoxy groups -OCH3 is 1. The van der Waals surface area contributed by atoms with E-state index in [1.54, 1.807) is 25.3 Å². The molecule has 1 aliphatic heterocycles. The molecule has 1 aliphatic carbocycles. The number of carbonyl (C=O) groups is 1. The first-order chi connectivity index (χ1) is 12.7. The van der Waals surface area contributed by atoms with Gasteiger partial charge in [0, 0.05) is 38.9 Å². The summed E-state index contributed by atoms with van der Waals surface area (Å²) in [5.74, 6) is 1.43. The highest BCUT2D eigenvalue weighted by Crippen LogP contribution is 2.30. The van der Waals surface area contributed by atoms with E-state index in [2.05, 4.69) is 10.2 Å². The maximum Gasteiger partial charge on any atom is 0.251 e. The molecule has 0 bridgehead atoms. The smallest absolute Gasteiger partial charge is 0.251 e. The fourth-order valence-electron chi connectivity index (χ4n) is 3.54. The summed E-state index contributed by atoms with van der Waals surface area (Å²) in [7, 11) is 1.60. The Morgan fingerprint density at radius 3 is 2.65 bits per heavy atom. The molecule has 1 aromatic rings. The number of nitrogens with zero attached hydrogens (tertiary/aromatic N) is 1. The Kier molecular flexibility index (Phi) is 7.17. The van der Waals surface area contributed by atoms with Crippen molar-refractivity contribution in [3.63, 3.8) is 0 Å². The summed E-state index contributed by atoms with van der Waals surface area (Å²) in [5, 5.41) is 3.28. The molecule has 1 N–H and O–H groups in total. The average Bonchev–Trinajstić information content (AvgIpc) is 2.61. The van der Waals surface area contributed by atoms with Crippen molar-refractivity contribution in [3.05, 3.63) is 28.8 Å². The van der Waals surface area contributed by atoms with E-state index >= 15 is 0 Å². The Balaban J connectivity index is 1.46. The second-order valence-electron chi connectivity index (χ2n) is 7.31. The molecule has 6 heteroatoms. The van der Waals surface area contributed by atoms with E-state index in [-0.39, 0.29) is 12.0 Å². The quantitative estimate of drug-likeness (QED) is 0.702. The highest BCUT2D eigenvalue weighted by Gasteiger charge is 2.25. The Labute approximate surface area is 161 Å². The molecule has 0 radical (unpaired) electrons. The number of piperidine rings is 1. The van der Waals surface area contributed by atoms with E-state index in [1.807, 2.05) is 0 Å². The molecular formula is C20H29ClN2O3. The highest BCUT2D eigenvalue weighted by atomic mass is 35.5. The summed E-state index contributed by atoms with van der Waals surface area (Å²) >= 11 is 6.34. The number of nitrogens with one attached hydrogen (secondary N) is 1. The highest BCUT2D eigenvalue weighted by molar-refractivity contribution is 6.32. The van der Waals surface area contributed by atoms with Crippen molar-refractivity contribution in [1.82, 2.24) is 10.2 Å². The van der Waals surface area contributed by atoms with Crippen LogP contribution in [-0.4, -0.2) is 56.8 Å². The maximum absolute atomic E-state index is 12.1. The van der Waals surface area contributed by atoms with Gasteiger partial charge in [-0.15, -0.1) is 0 Å². The summed E-state index contributed by atoms with van der Waals surface area (Å²) in [6.45, 7) is 4.41. The van der Waals surface area contributed by atoms with Gasteiger partial charge in [-0.1, -0.05) is 18.0 Å². The Hall–Kier alpha value is -1.30. The zero-order valence-electron chi connectivity index (χ0n) is 15.5. The lowest BCUT2D eigenvalue weighted by Crippen LogP contribution is -2.41. The Morgan fingerprint density at radius 1 is 1.27 bits per heavy atom. The molecular weight excluding hydrogens is 352 g/mol. The molecule has 1 heterocycles. The van der Waals surface area contributed by atoms with Gasteiger partial charge in [-0.2, -0.15) is 0 Å². The van der Waals surface area contributed by atoms with Crippen molar-refractivity contribution in [3.8, 4) is 5.75 Å². The summed E-state index contributed by atoms with van der Waals surface area (Å²) < 4.78 is 11.0. The molecule has 26 heavy (non-hydrogen) atoms. The fourth-order valence-corrected chi connectivity index (χ4v) is 3.76. The maximum atomic E-state index is 12.1. The predicted molar refractivity (Wildman–Crippen MR) is 103 cm³/mol. The molecule has 1 aromatic carbocycles. The Bertz CT molecular complexity index is 599. The number of benzene rings is 1. The van der Waals surface area contributed by atoms with E-state index in [4.69, 9.17) is 21.1 Å². The minimum atomic E-state index is -0.153. The monoisotopic (exact) mass is 380 g/mol. The molecule has 2 fully saturated rings.